The Kier molecular flexibility index (Phi) is 3.72. The van der Waals surface area contributed by atoms with E-state index >= 15 is 0 Å². The van der Waals surface area contributed by atoms with Crippen molar-refractivity contribution >= 4 is 11.3 Å². The van der Waals surface area contributed by atoms with Crippen LogP contribution in [0.2, 0.25) is 0 Å². The number of rotatable bonds is 4. The first-order valence-electron chi connectivity index (χ1n) is 4.22. The molecule has 1 rings (SSSR count). The molecule has 0 aliphatic carbocycles. The van der Waals surface area contributed by atoms with Gasteiger partial charge in [0, 0.05) is 9.75 Å². The van der Waals surface area contributed by atoms with Crippen LogP contribution in [-0.2, 0) is 11.3 Å². The summed E-state index contributed by atoms with van der Waals surface area (Å²) in [5, 5.41) is 0. The van der Waals surface area contributed by atoms with Gasteiger partial charge < -0.3 is 0 Å². The molecule has 0 amide bonds. The Morgan fingerprint density at radius 1 is 1.58 bits per heavy atom. The summed E-state index contributed by atoms with van der Waals surface area (Å²) in [6.07, 6.45) is 2.38. The summed E-state index contributed by atoms with van der Waals surface area (Å²) in [5.41, 5.74) is 0. The van der Waals surface area contributed by atoms with Crippen LogP contribution in [0.25, 0.3) is 0 Å². The van der Waals surface area contributed by atoms with E-state index in [1.807, 2.05) is 6.92 Å². The van der Waals surface area contributed by atoms with Crippen molar-refractivity contribution in [2.45, 2.75) is 32.8 Å². The van der Waals surface area contributed by atoms with E-state index in [1.54, 1.807) is 11.3 Å². The number of thiophene rings is 1. The lowest BCUT2D eigenvalue weighted by Gasteiger charge is -2.03. The van der Waals surface area contributed by atoms with E-state index in [4.69, 9.17) is 10.7 Å². The zero-order valence-electron chi connectivity index (χ0n) is 7.54. The summed E-state index contributed by atoms with van der Waals surface area (Å²) in [4.78, 5) is 7.36. The van der Waals surface area contributed by atoms with Gasteiger partial charge in [-0.2, -0.15) is 0 Å². The zero-order chi connectivity index (χ0) is 8.97. The molecule has 68 valence electrons. The van der Waals surface area contributed by atoms with Gasteiger partial charge in [-0.05, 0) is 25.5 Å². The van der Waals surface area contributed by atoms with E-state index in [2.05, 4.69) is 19.1 Å². The van der Waals surface area contributed by atoms with E-state index in [9.17, 15) is 0 Å². The third-order valence-electron chi connectivity index (χ3n) is 1.78. The third-order valence-corrected chi connectivity index (χ3v) is 3.09. The van der Waals surface area contributed by atoms with E-state index < -0.39 is 0 Å². The number of hydrogen-bond donors (Lipinski definition) is 1. The standard InChI is InChI=1S/C9H15NOS/c1-3-4-8-5-6-9(12-8)7(2)11-10/h5-7H,3-4,10H2,1-2H3. The summed E-state index contributed by atoms with van der Waals surface area (Å²) in [6, 6.07) is 4.24. The average molecular weight is 185 g/mol. The van der Waals surface area contributed by atoms with Gasteiger partial charge in [-0.15, -0.1) is 11.3 Å². The smallest absolute Gasteiger partial charge is 0.110 e. The number of hydrogen-bond acceptors (Lipinski definition) is 3. The predicted molar refractivity (Wildman–Crippen MR) is 52.0 cm³/mol. The highest BCUT2D eigenvalue weighted by Crippen LogP contribution is 2.25. The fourth-order valence-corrected chi connectivity index (χ4v) is 2.16. The van der Waals surface area contributed by atoms with Crippen molar-refractivity contribution in [3.8, 4) is 0 Å². The van der Waals surface area contributed by atoms with E-state index in [1.165, 1.54) is 16.2 Å². The van der Waals surface area contributed by atoms with Crippen molar-refractivity contribution in [3.63, 3.8) is 0 Å². The molecule has 0 aliphatic heterocycles. The number of nitrogens with two attached hydrogens (primary N) is 1. The highest BCUT2D eigenvalue weighted by molar-refractivity contribution is 7.12. The van der Waals surface area contributed by atoms with Crippen LogP contribution in [0.4, 0.5) is 0 Å². The van der Waals surface area contributed by atoms with Gasteiger partial charge in [-0.3, -0.25) is 4.84 Å². The van der Waals surface area contributed by atoms with Crippen molar-refractivity contribution < 1.29 is 4.84 Å². The van der Waals surface area contributed by atoms with Crippen LogP contribution in [0.15, 0.2) is 12.1 Å². The second kappa shape index (κ2) is 4.60. The molecule has 1 atom stereocenters. The van der Waals surface area contributed by atoms with Gasteiger partial charge in [0.25, 0.3) is 0 Å². The van der Waals surface area contributed by atoms with Crippen LogP contribution < -0.4 is 5.90 Å². The minimum atomic E-state index is 0.0283. The van der Waals surface area contributed by atoms with Crippen molar-refractivity contribution in [2.24, 2.45) is 5.90 Å². The maximum Gasteiger partial charge on any atom is 0.110 e. The van der Waals surface area contributed by atoms with Gasteiger partial charge in [0.05, 0.1) is 0 Å². The minimum Gasteiger partial charge on any atom is -0.296 e. The summed E-state index contributed by atoms with van der Waals surface area (Å²) in [5.74, 6) is 5.09. The van der Waals surface area contributed by atoms with Crippen molar-refractivity contribution in [1.29, 1.82) is 0 Å². The van der Waals surface area contributed by atoms with Crippen LogP contribution in [0.3, 0.4) is 0 Å². The monoisotopic (exact) mass is 185 g/mol. The fourth-order valence-electron chi connectivity index (χ4n) is 1.06. The molecule has 0 saturated heterocycles. The third kappa shape index (κ3) is 2.30. The molecule has 2 nitrogen and oxygen atoms in total. The van der Waals surface area contributed by atoms with E-state index in [0.717, 1.165) is 6.42 Å². The Morgan fingerprint density at radius 3 is 2.92 bits per heavy atom. The molecule has 3 heteroatoms. The van der Waals surface area contributed by atoms with Gasteiger partial charge in [0.15, 0.2) is 0 Å². The lowest BCUT2D eigenvalue weighted by atomic mass is 10.3. The maximum atomic E-state index is 5.09. The summed E-state index contributed by atoms with van der Waals surface area (Å²) in [6.45, 7) is 4.14. The van der Waals surface area contributed by atoms with Crippen LogP contribution in [0.5, 0.6) is 0 Å². The Balaban J connectivity index is 2.63. The Morgan fingerprint density at radius 2 is 2.33 bits per heavy atom. The maximum absolute atomic E-state index is 5.09. The van der Waals surface area contributed by atoms with Gasteiger partial charge >= 0.3 is 0 Å². The van der Waals surface area contributed by atoms with E-state index in [-0.39, 0.29) is 6.10 Å². The molecule has 1 aromatic heterocycles. The summed E-state index contributed by atoms with van der Waals surface area (Å²) < 4.78 is 0. The SMILES string of the molecule is CCCc1ccc(C(C)ON)s1. The Hall–Kier alpha value is -0.380. The van der Waals surface area contributed by atoms with Crippen molar-refractivity contribution in [3.05, 3.63) is 21.9 Å². The van der Waals surface area contributed by atoms with Gasteiger partial charge in [0.1, 0.15) is 6.10 Å². The zero-order valence-corrected chi connectivity index (χ0v) is 8.36. The van der Waals surface area contributed by atoms with Gasteiger partial charge in [-0.1, -0.05) is 13.3 Å². The number of aryl methyl sites for hydroxylation is 1. The molecule has 1 unspecified atom stereocenters. The molecule has 2 N–H and O–H groups in total. The molecule has 0 aromatic carbocycles. The van der Waals surface area contributed by atoms with Gasteiger partial charge in [0.2, 0.25) is 0 Å². The van der Waals surface area contributed by atoms with Crippen molar-refractivity contribution in [2.75, 3.05) is 0 Å². The average Bonchev–Trinajstić information content (AvgIpc) is 2.52. The molecule has 0 spiro atoms. The van der Waals surface area contributed by atoms with Crippen LogP contribution in [0, 0.1) is 0 Å². The first-order chi connectivity index (χ1) is 5.77. The van der Waals surface area contributed by atoms with Crippen LogP contribution >= 0.6 is 11.3 Å². The largest absolute Gasteiger partial charge is 0.296 e. The molecule has 12 heavy (non-hydrogen) atoms. The highest BCUT2D eigenvalue weighted by atomic mass is 32.1. The lowest BCUT2D eigenvalue weighted by molar-refractivity contribution is 0.0689. The Bertz CT molecular complexity index is 234. The fraction of sp³-hybridized carbons (Fsp3) is 0.556. The van der Waals surface area contributed by atoms with Crippen LogP contribution in [-0.4, -0.2) is 0 Å². The molecule has 0 fully saturated rings. The second-order valence-electron chi connectivity index (χ2n) is 2.83. The second-order valence-corrected chi connectivity index (χ2v) is 4.03. The predicted octanol–water partition coefficient (Wildman–Crippen LogP) is 2.65. The molecule has 1 aromatic rings. The quantitative estimate of drug-likeness (QED) is 0.732. The lowest BCUT2D eigenvalue weighted by Crippen LogP contribution is -2.03. The molecular weight excluding hydrogens is 170 g/mol. The highest BCUT2D eigenvalue weighted by Gasteiger charge is 2.06. The molecule has 0 aliphatic rings. The molecule has 0 radical (unpaired) electrons. The van der Waals surface area contributed by atoms with E-state index in [0.29, 0.717) is 0 Å². The summed E-state index contributed by atoms with van der Waals surface area (Å²) in [7, 11) is 0. The summed E-state index contributed by atoms with van der Waals surface area (Å²) >= 11 is 1.79. The molecule has 1 heterocycles. The first-order valence-corrected chi connectivity index (χ1v) is 5.03. The van der Waals surface area contributed by atoms with Crippen molar-refractivity contribution in [1.82, 2.24) is 0 Å². The first kappa shape index (κ1) is 9.71. The molecular formula is C9H15NOS. The Labute approximate surface area is 77.3 Å². The van der Waals surface area contributed by atoms with Crippen LogP contribution in [0.1, 0.15) is 36.1 Å². The van der Waals surface area contributed by atoms with Gasteiger partial charge in [-0.25, -0.2) is 5.90 Å². The molecule has 0 saturated carbocycles. The minimum absolute atomic E-state index is 0.0283. The normalized spacial score (nSPS) is 13.2. The topological polar surface area (TPSA) is 35.2 Å². The molecule has 0 bridgehead atoms.